The van der Waals surface area contributed by atoms with Crippen LogP contribution in [0.2, 0.25) is 0 Å². The largest absolute Gasteiger partial charge is 0.508 e. The third-order valence-corrected chi connectivity index (χ3v) is 4.75. The number of hydrogen-bond acceptors (Lipinski definition) is 6. The molecule has 0 radical (unpaired) electrons. The number of aromatic hydroxyl groups is 2. The standard InChI is InChI=1S/C18H21IO6/c1-11(7-16-15(25-16)5-3-2-4-6-20)24-18(23)17-12(10-19)8-13(21)9-14(17)22/h2,4,6,8-9,11,15-16,21-22H,3,5,7,10H2,1H3/b4-2+/t11-,15-,16-/m0/s1. The summed E-state index contributed by atoms with van der Waals surface area (Å²) in [5.41, 5.74) is 0.615. The molecule has 1 aliphatic rings. The highest BCUT2D eigenvalue weighted by Gasteiger charge is 2.39. The molecular formula is C18H21IO6. The Labute approximate surface area is 160 Å². The second-order valence-electron chi connectivity index (χ2n) is 5.94. The molecule has 1 fully saturated rings. The number of esters is 1. The van der Waals surface area contributed by atoms with Crippen molar-refractivity contribution in [3.8, 4) is 11.5 Å². The first kappa shape index (κ1) is 19.7. The monoisotopic (exact) mass is 460 g/mol. The van der Waals surface area contributed by atoms with Crippen LogP contribution < -0.4 is 0 Å². The summed E-state index contributed by atoms with van der Waals surface area (Å²) in [7, 11) is 0. The fraction of sp³-hybridized carbons (Fsp3) is 0.444. The van der Waals surface area contributed by atoms with Gasteiger partial charge in [0.2, 0.25) is 0 Å². The molecule has 1 heterocycles. The summed E-state index contributed by atoms with van der Waals surface area (Å²) in [6.45, 7) is 1.78. The van der Waals surface area contributed by atoms with Gasteiger partial charge >= 0.3 is 5.97 Å². The first-order valence-electron chi connectivity index (χ1n) is 8.03. The quantitative estimate of drug-likeness (QED) is 0.147. The van der Waals surface area contributed by atoms with Gasteiger partial charge in [0, 0.05) is 16.9 Å². The molecule has 0 bridgehead atoms. The van der Waals surface area contributed by atoms with E-state index < -0.39 is 5.97 Å². The lowest BCUT2D eigenvalue weighted by atomic mass is 10.1. The van der Waals surface area contributed by atoms with E-state index in [1.807, 2.05) is 0 Å². The molecule has 1 aromatic carbocycles. The van der Waals surface area contributed by atoms with E-state index in [-0.39, 0.29) is 35.4 Å². The number of phenolic OH excluding ortho intramolecular Hbond substituents is 2. The van der Waals surface area contributed by atoms with Crippen molar-refractivity contribution in [2.45, 2.75) is 48.9 Å². The number of epoxide rings is 1. The smallest absolute Gasteiger partial charge is 0.342 e. The van der Waals surface area contributed by atoms with E-state index in [0.717, 1.165) is 25.2 Å². The minimum Gasteiger partial charge on any atom is -0.508 e. The molecule has 25 heavy (non-hydrogen) atoms. The SMILES string of the molecule is C[C@@H](C[C@@H]1O[C@H]1CC/C=C/C=O)OC(=O)c1c(O)cc(O)cc1CI. The first-order chi connectivity index (χ1) is 12.0. The summed E-state index contributed by atoms with van der Waals surface area (Å²) in [6.07, 6.45) is 6.01. The topological polar surface area (TPSA) is 96.4 Å². The molecule has 0 aliphatic carbocycles. The Morgan fingerprint density at radius 1 is 1.40 bits per heavy atom. The average Bonchev–Trinajstić information content (AvgIpc) is 3.28. The van der Waals surface area contributed by atoms with Gasteiger partial charge < -0.3 is 19.7 Å². The maximum absolute atomic E-state index is 12.3. The Morgan fingerprint density at radius 2 is 2.16 bits per heavy atom. The number of phenols is 2. The van der Waals surface area contributed by atoms with Crippen molar-refractivity contribution < 1.29 is 29.3 Å². The number of rotatable bonds is 9. The van der Waals surface area contributed by atoms with Gasteiger partial charge in [0.1, 0.15) is 29.5 Å². The fourth-order valence-electron chi connectivity index (χ4n) is 2.68. The van der Waals surface area contributed by atoms with Gasteiger partial charge in [-0.3, -0.25) is 4.79 Å². The number of carbonyl (C=O) groups is 2. The molecule has 1 aromatic rings. The molecule has 2 N–H and O–H groups in total. The van der Waals surface area contributed by atoms with Crippen LogP contribution in [0, 0.1) is 0 Å². The molecule has 0 spiro atoms. The third kappa shape index (κ3) is 5.71. The van der Waals surface area contributed by atoms with E-state index in [9.17, 15) is 19.8 Å². The molecule has 3 atom stereocenters. The van der Waals surface area contributed by atoms with Gasteiger partial charge in [-0.1, -0.05) is 28.7 Å². The number of aldehydes is 1. The van der Waals surface area contributed by atoms with Crippen LogP contribution in [0.3, 0.4) is 0 Å². The fourth-order valence-corrected chi connectivity index (χ4v) is 3.28. The van der Waals surface area contributed by atoms with Crippen molar-refractivity contribution in [3.63, 3.8) is 0 Å². The second-order valence-corrected chi connectivity index (χ2v) is 6.70. The van der Waals surface area contributed by atoms with Crippen molar-refractivity contribution in [2.75, 3.05) is 0 Å². The molecule has 0 aromatic heterocycles. The molecule has 6 nitrogen and oxygen atoms in total. The second kappa shape index (κ2) is 9.19. The highest BCUT2D eigenvalue weighted by molar-refractivity contribution is 14.1. The molecule has 136 valence electrons. The molecule has 2 rings (SSSR count). The summed E-state index contributed by atoms with van der Waals surface area (Å²) < 4.78 is 11.4. The van der Waals surface area contributed by atoms with E-state index >= 15 is 0 Å². The van der Waals surface area contributed by atoms with Crippen LogP contribution in [-0.2, 0) is 18.7 Å². The Balaban J connectivity index is 1.85. The normalized spacial score (nSPS) is 20.4. The van der Waals surface area contributed by atoms with E-state index in [4.69, 9.17) is 9.47 Å². The maximum atomic E-state index is 12.3. The average molecular weight is 460 g/mol. The molecule has 0 saturated carbocycles. The van der Waals surface area contributed by atoms with Gasteiger partial charge in [0.15, 0.2) is 0 Å². The van der Waals surface area contributed by atoms with Crippen LogP contribution >= 0.6 is 22.6 Å². The van der Waals surface area contributed by atoms with Crippen LogP contribution in [0.4, 0.5) is 0 Å². The van der Waals surface area contributed by atoms with Crippen LogP contribution in [0.25, 0.3) is 0 Å². The van der Waals surface area contributed by atoms with Gasteiger partial charge in [-0.05, 0) is 37.5 Å². The minimum atomic E-state index is -0.609. The zero-order chi connectivity index (χ0) is 18.4. The Morgan fingerprint density at radius 3 is 2.84 bits per heavy atom. The Bertz CT molecular complexity index is 657. The van der Waals surface area contributed by atoms with Gasteiger partial charge in [0.05, 0.1) is 12.2 Å². The van der Waals surface area contributed by atoms with Crippen LogP contribution in [-0.4, -0.2) is 40.8 Å². The molecule has 7 heteroatoms. The van der Waals surface area contributed by atoms with E-state index in [1.54, 1.807) is 13.0 Å². The number of ether oxygens (including phenoxy) is 2. The van der Waals surface area contributed by atoms with Crippen molar-refractivity contribution in [1.82, 2.24) is 0 Å². The summed E-state index contributed by atoms with van der Waals surface area (Å²) in [5.74, 6) is -0.985. The predicted molar refractivity (Wildman–Crippen MR) is 100 cm³/mol. The van der Waals surface area contributed by atoms with Gasteiger partial charge in [-0.15, -0.1) is 0 Å². The maximum Gasteiger partial charge on any atom is 0.342 e. The number of carbonyl (C=O) groups excluding carboxylic acids is 2. The van der Waals surface area contributed by atoms with Crippen LogP contribution in [0.15, 0.2) is 24.3 Å². The summed E-state index contributed by atoms with van der Waals surface area (Å²) >= 11 is 2.05. The van der Waals surface area contributed by atoms with Gasteiger partial charge in [-0.25, -0.2) is 4.79 Å². The van der Waals surface area contributed by atoms with Gasteiger partial charge in [-0.2, -0.15) is 0 Å². The molecule has 0 unspecified atom stereocenters. The number of benzene rings is 1. The lowest BCUT2D eigenvalue weighted by Crippen LogP contribution is -2.18. The number of allylic oxidation sites excluding steroid dienone is 2. The molecule has 0 amide bonds. The van der Waals surface area contributed by atoms with E-state index in [2.05, 4.69) is 22.6 Å². The minimum absolute atomic E-state index is 0.0462. The highest BCUT2D eigenvalue weighted by Crippen LogP contribution is 2.33. The predicted octanol–water partition coefficient (Wildman–Crippen LogP) is 3.27. The van der Waals surface area contributed by atoms with Crippen molar-refractivity contribution in [3.05, 3.63) is 35.4 Å². The number of alkyl halides is 1. The molecule has 1 saturated heterocycles. The van der Waals surface area contributed by atoms with E-state index in [1.165, 1.54) is 12.1 Å². The Hall–Kier alpha value is -1.61. The highest BCUT2D eigenvalue weighted by atomic mass is 127. The molecule has 1 aliphatic heterocycles. The van der Waals surface area contributed by atoms with Crippen LogP contribution in [0.1, 0.15) is 42.1 Å². The van der Waals surface area contributed by atoms with Crippen molar-refractivity contribution in [2.24, 2.45) is 0 Å². The number of hydrogen-bond donors (Lipinski definition) is 2. The zero-order valence-corrected chi connectivity index (χ0v) is 16.0. The summed E-state index contributed by atoms with van der Waals surface area (Å²) in [5, 5.41) is 19.5. The lowest BCUT2D eigenvalue weighted by Gasteiger charge is -2.15. The van der Waals surface area contributed by atoms with Crippen molar-refractivity contribution >= 4 is 34.8 Å². The molecular weight excluding hydrogens is 439 g/mol. The lowest BCUT2D eigenvalue weighted by molar-refractivity contribution is -0.104. The number of halogens is 1. The van der Waals surface area contributed by atoms with E-state index in [0.29, 0.717) is 16.4 Å². The zero-order valence-electron chi connectivity index (χ0n) is 13.9. The van der Waals surface area contributed by atoms with Crippen LogP contribution in [0.5, 0.6) is 11.5 Å². The summed E-state index contributed by atoms with van der Waals surface area (Å²) in [6, 6.07) is 2.57. The first-order valence-corrected chi connectivity index (χ1v) is 9.56. The Kier molecular flexibility index (Phi) is 7.24. The third-order valence-electron chi connectivity index (χ3n) is 3.92. The van der Waals surface area contributed by atoms with Gasteiger partial charge in [0.25, 0.3) is 0 Å². The van der Waals surface area contributed by atoms with Crippen molar-refractivity contribution in [1.29, 1.82) is 0 Å². The summed E-state index contributed by atoms with van der Waals surface area (Å²) in [4.78, 5) is 22.5.